The first-order valence-electron chi connectivity index (χ1n) is 3.01. The van der Waals surface area contributed by atoms with E-state index in [1.807, 2.05) is 6.92 Å². The van der Waals surface area contributed by atoms with Crippen molar-refractivity contribution in [2.24, 2.45) is 0 Å². The number of aryl methyl sites for hydroxylation is 1. The van der Waals surface area contributed by atoms with Crippen LogP contribution in [0.3, 0.4) is 0 Å². The summed E-state index contributed by atoms with van der Waals surface area (Å²) in [6.07, 6.45) is 0.720. The van der Waals surface area contributed by atoms with E-state index >= 15 is 0 Å². The van der Waals surface area contributed by atoms with Crippen molar-refractivity contribution in [2.75, 3.05) is 5.73 Å². The fourth-order valence-electron chi connectivity index (χ4n) is 0.607. The van der Waals surface area contributed by atoms with Gasteiger partial charge in [0.15, 0.2) is 0 Å². The molecule has 1 aromatic rings. The van der Waals surface area contributed by atoms with Crippen LogP contribution in [0.5, 0.6) is 0 Å². The average molecular weight is 141 g/mol. The van der Waals surface area contributed by atoms with Crippen LogP contribution in [0.25, 0.3) is 0 Å². The van der Waals surface area contributed by atoms with Gasteiger partial charge in [0, 0.05) is 0 Å². The molecule has 0 aromatic carbocycles. The van der Waals surface area contributed by atoms with Gasteiger partial charge < -0.3 is 5.73 Å². The molecule has 0 saturated heterocycles. The summed E-state index contributed by atoms with van der Waals surface area (Å²) < 4.78 is 12.3. The zero-order chi connectivity index (χ0) is 7.56. The van der Waals surface area contributed by atoms with Crippen molar-refractivity contribution >= 4 is 5.69 Å². The second kappa shape index (κ2) is 2.60. The highest BCUT2D eigenvalue weighted by Gasteiger charge is 1.99. The lowest BCUT2D eigenvalue weighted by Crippen LogP contribution is -1.99. The highest BCUT2D eigenvalue weighted by Crippen LogP contribution is 2.05. The normalized spacial score (nSPS) is 9.80. The fraction of sp³-hybridized carbons (Fsp3) is 0.333. The van der Waals surface area contributed by atoms with E-state index in [1.54, 1.807) is 0 Å². The number of rotatable bonds is 1. The minimum Gasteiger partial charge on any atom is -0.395 e. The topological polar surface area (TPSA) is 51.8 Å². The summed E-state index contributed by atoms with van der Waals surface area (Å²) in [5.74, 6) is -0.697. The molecule has 0 saturated carbocycles. The predicted molar refractivity (Wildman–Crippen MR) is 35.8 cm³/mol. The van der Waals surface area contributed by atoms with Gasteiger partial charge in [-0.05, 0) is 12.5 Å². The molecular weight excluding hydrogens is 133 g/mol. The Balaban J connectivity index is 3.04. The Kier molecular flexibility index (Phi) is 1.80. The molecule has 0 amide bonds. The van der Waals surface area contributed by atoms with Crippen molar-refractivity contribution < 1.29 is 4.39 Å². The number of aromatic nitrogens is 2. The van der Waals surface area contributed by atoms with Gasteiger partial charge in [-0.25, -0.2) is 0 Å². The first kappa shape index (κ1) is 6.92. The molecule has 0 radical (unpaired) electrons. The lowest BCUT2D eigenvalue weighted by molar-refractivity contribution is 0.564. The number of hydrogen-bond donors (Lipinski definition) is 1. The third-order valence-corrected chi connectivity index (χ3v) is 1.19. The number of nitrogens with zero attached hydrogens (tertiary/aromatic N) is 2. The molecule has 0 unspecified atom stereocenters. The lowest BCUT2D eigenvalue weighted by Gasteiger charge is -1.95. The van der Waals surface area contributed by atoms with Crippen LogP contribution in [0, 0.1) is 5.95 Å². The Morgan fingerprint density at radius 3 is 2.80 bits per heavy atom. The van der Waals surface area contributed by atoms with Crippen LogP contribution in [0.15, 0.2) is 6.07 Å². The fourth-order valence-corrected chi connectivity index (χ4v) is 0.607. The molecule has 1 heterocycles. The Hall–Kier alpha value is -1.19. The van der Waals surface area contributed by atoms with Crippen molar-refractivity contribution in [3.8, 4) is 0 Å². The zero-order valence-electron chi connectivity index (χ0n) is 5.63. The first-order chi connectivity index (χ1) is 4.74. The van der Waals surface area contributed by atoms with Gasteiger partial charge in [-0.2, -0.15) is 9.49 Å². The number of nitrogens with two attached hydrogens (primary N) is 1. The van der Waals surface area contributed by atoms with Crippen LogP contribution in [0.2, 0.25) is 0 Å². The summed E-state index contributed by atoms with van der Waals surface area (Å²) in [5, 5.41) is 6.76. The highest BCUT2D eigenvalue weighted by molar-refractivity contribution is 5.36. The molecule has 0 aliphatic carbocycles. The van der Waals surface area contributed by atoms with Gasteiger partial charge in [-0.15, -0.1) is 5.10 Å². The maximum absolute atomic E-state index is 12.3. The van der Waals surface area contributed by atoms with Crippen molar-refractivity contribution in [3.05, 3.63) is 17.7 Å². The second-order valence-corrected chi connectivity index (χ2v) is 1.94. The summed E-state index contributed by atoms with van der Waals surface area (Å²) in [5.41, 5.74) is 5.99. The summed E-state index contributed by atoms with van der Waals surface area (Å²) in [6, 6.07) is 1.49. The summed E-state index contributed by atoms with van der Waals surface area (Å²) in [6.45, 7) is 1.90. The molecule has 1 rings (SSSR count). The van der Waals surface area contributed by atoms with Gasteiger partial charge in [0.1, 0.15) is 0 Å². The van der Waals surface area contributed by atoms with Crippen LogP contribution in [-0.2, 0) is 6.42 Å². The third-order valence-electron chi connectivity index (χ3n) is 1.19. The molecule has 54 valence electrons. The van der Waals surface area contributed by atoms with Gasteiger partial charge >= 0.3 is 0 Å². The Bertz CT molecular complexity index is 236. The van der Waals surface area contributed by atoms with E-state index in [1.165, 1.54) is 6.07 Å². The lowest BCUT2D eigenvalue weighted by atomic mass is 10.3. The Morgan fingerprint density at radius 1 is 1.60 bits per heavy atom. The summed E-state index contributed by atoms with van der Waals surface area (Å²) in [4.78, 5) is 0. The monoisotopic (exact) mass is 141 g/mol. The van der Waals surface area contributed by atoms with E-state index in [0.717, 1.165) is 6.42 Å². The van der Waals surface area contributed by atoms with E-state index < -0.39 is 5.95 Å². The molecular formula is C6H8FN3. The molecule has 0 atom stereocenters. The Morgan fingerprint density at radius 2 is 2.30 bits per heavy atom. The number of nitrogen functional groups attached to an aromatic ring is 1. The average Bonchev–Trinajstić information content (AvgIpc) is 1.95. The van der Waals surface area contributed by atoms with Gasteiger partial charge in [-0.3, -0.25) is 0 Å². The Labute approximate surface area is 58.1 Å². The minimum absolute atomic E-state index is 0.0619. The van der Waals surface area contributed by atoms with Crippen molar-refractivity contribution in [2.45, 2.75) is 13.3 Å². The van der Waals surface area contributed by atoms with E-state index in [9.17, 15) is 4.39 Å². The third kappa shape index (κ3) is 1.21. The maximum Gasteiger partial charge on any atom is 0.256 e. The minimum atomic E-state index is -0.697. The molecule has 0 aliphatic heterocycles. The SMILES string of the molecule is CCc1cc(N)c(F)nn1. The van der Waals surface area contributed by atoms with Crippen LogP contribution in [-0.4, -0.2) is 10.2 Å². The van der Waals surface area contributed by atoms with E-state index in [0.29, 0.717) is 5.69 Å². The maximum atomic E-state index is 12.3. The summed E-state index contributed by atoms with van der Waals surface area (Å²) >= 11 is 0. The highest BCUT2D eigenvalue weighted by atomic mass is 19.1. The standard InChI is InChI=1S/C6H8FN3/c1-2-4-3-5(8)6(7)10-9-4/h3H,2H2,1H3,(H2,8,9). The molecule has 3 nitrogen and oxygen atoms in total. The van der Waals surface area contributed by atoms with Gasteiger partial charge in [-0.1, -0.05) is 6.92 Å². The zero-order valence-corrected chi connectivity index (χ0v) is 5.63. The van der Waals surface area contributed by atoms with E-state index in [4.69, 9.17) is 5.73 Å². The predicted octanol–water partition coefficient (Wildman–Crippen LogP) is 0.760. The molecule has 0 spiro atoms. The molecule has 0 aliphatic rings. The first-order valence-corrected chi connectivity index (χ1v) is 3.01. The summed E-state index contributed by atoms with van der Waals surface area (Å²) in [7, 11) is 0. The molecule has 10 heavy (non-hydrogen) atoms. The second-order valence-electron chi connectivity index (χ2n) is 1.94. The quantitative estimate of drug-likeness (QED) is 0.628. The van der Waals surface area contributed by atoms with Crippen LogP contribution < -0.4 is 5.73 Å². The van der Waals surface area contributed by atoms with Gasteiger partial charge in [0.25, 0.3) is 5.95 Å². The molecule has 2 N–H and O–H groups in total. The van der Waals surface area contributed by atoms with Crippen molar-refractivity contribution in [1.82, 2.24) is 10.2 Å². The van der Waals surface area contributed by atoms with Crippen molar-refractivity contribution in [1.29, 1.82) is 0 Å². The van der Waals surface area contributed by atoms with E-state index in [2.05, 4.69) is 10.2 Å². The van der Waals surface area contributed by atoms with Crippen LogP contribution >= 0.6 is 0 Å². The molecule has 1 aromatic heterocycles. The number of hydrogen-bond acceptors (Lipinski definition) is 3. The van der Waals surface area contributed by atoms with Crippen LogP contribution in [0.1, 0.15) is 12.6 Å². The number of halogens is 1. The smallest absolute Gasteiger partial charge is 0.256 e. The molecule has 4 heteroatoms. The largest absolute Gasteiger partial charge is 0.395 e. The van der Waals surface area contributed by atoms with Crippen molar-refractivity contribution in [3.63, 3.8) is 0 Å². The van der Waals surface area contributed by atoms with Gasteiger partial charge in [0.05, 0.1) is 11.4 Å². The van der Waals surface area contributed by atoms with Gasteiger partial charge in [0.2, 0.25) is 0 Å². The van der Waals surface area contributed by atoms with Crippen LogP contribution in [0.4, 0.5) is 10.1 Å². The van der Waals surface area contributed by atoms with E-state index in [-0.39, 0.29) is 5.69 Å². The number of anilines is 1. The molecule has 0 fully saturated rings. The molecule has 0 bridgehead atoms.